The zero-order valence-corrected chi connectivity index (χ0v) is 7.66. The van der Waals surface area contributed by atoms with Gasteiger partial charge in [0.2, 0.25) is 0 Å². The van der Waals surface area contributed by atoms with E-state index in [9.17, 15) is 0 Å². The molecule has 0 saturated heterocycles. The third-order valence-corrected chi connectivity index (χ3v) is 1.03. The second-order valence-corrected chi connectivity index (χ2v) is 3.62. The third-order valence-electron chi connectivity index (χ3n) is 0.758. The third kappa shape index (κ3) is 8.21. The molecule has 0 radical (unpaired) electrons. The van der Waals surface area contributed by atoms with Crippen LogP contribution in [-0.4, -0.2) is 18.0 Å². The first-order valence-corrected chi connectivity index (χ1v) is 4.04. The molecule has 0 bridgehead atoms. The van der Waals surface area contributed by atoms with E-state index in [1.165, 1.54) is 0 Å². The van der Waals surface area contributed by atoms with Gasteiger partial charge in [-0.15, -0.1) is 11.6 Å². The number of nitrogens with one attached hydrogen (secondary N) is 1. The Morgan fingerprint density at radius 3 is 2.40 bits per heavy atom. The van der Waals surface area contributed by atoms with Crippen LogP contribution in [0.3, 0.4) is 0 Å². The number of hydrogen-bond donors (Lipinski definition) is 1. The Morgan fingerprint density at radius 1 is 1.40 bits per heavy atom. The molecular formula is C7H16ClNO. The molecule has 0 aromatic heterocycles. The summed E-state index contributed by atoms with van der Waals surface area (Å²) in [6, 6.07) is 0. The molecule has 0 spiro atoms. The maximum absolute atomic E-state index is 5.44. The van der Waals surface area contributed by atoms with Crippen molar-refractivity contribution in [3.05, 3.63) is 0 Å². The minimum Gasteiger partial charge on any atom is -0.301 e. The summed E-state index contributed by atoms with van der Waals surface area (Å²) in [6.45, 7) is 6.83. The Hall–Kier alpha value is 0.210. The Balaban J connectivity index is 3.04. The Labute approximate surface area is 67.8 Å². The van der Waals surface area contributed by atoms with Crippen LogP contribution in [0.1, 0.15) is 27.2 Å². The first-order valence-electron chi connectivity index (χ1n) is 3.51. The molecular weight excluding hydrogens is 150 g/mol. The number of hydroxylamine groups is 1. The lowest BCUT2D eigenvalue weighted by Gasteiger charge is -2.19. The molecule has 0 heterocycles. The molecule has 0 aliphatic heterocycles. The SMILES string of the molecule is CC(C)(C)NOCCCCl. The van der Waals surface area contributed by atoms with Crippen molar-refractivity contribution in [3.8, 4) is 0 Å². The lowest BCUT2D eigenvalue weighted by Crippen LogP contribution is -2.36. The van der Waals surface area contributed by atoms with Crippen LogP contribution in [0.4, 0.5) is 0 Å². The lowest BCUT2D eigenvalue weighted by molar-refractivity contribution is -0.00504. The molecule has 0 aliphatic carbocycles. The first-order chi connectivity index (χ1) is 4.56. The van der Waals surface area contributed by atoms with Crippen molar-refractivity contribution < 1.29 is 4.84 Å². The van der Waals surface area contributed by atoms with Crippen molar-refractivity contribution in [2.24, 2.45) is 0 Å². The van der Waals surface area contributed by atoms with E-state index in [2.05, 4.69) is 5.48 Å². The minimum absolute atomic E-state index is 0.0340. The summed E-state index contributed by atoms with van der Waals surface area (Å²) in [6.07, 6.45) is 0.893. The van der Waals surface area contributed by atoms with Crippen LogP contribution in [0.15, 0.2) is 0 Å². The predicted octanol–water partition coefficient (Wildman–Crippen LogP) is 1.94. The zero-order valence-electron chi connectivity index (χ0n) is 6.91. The molecule has 0 aromatic carbocycles. The van der Waals surface area contributed by atoms with Gasteiger partial charge < -0.3 is 4.84 Å². The van der Waals surface area contributed by atoms with Gasteiger partial charge in [0, 0.05) is 11.4 Å². The second-order valence-electron chi connectivity index (χ2n) is 3.24. The molecule has 0 atom stereocenters. The fourth-order valence-electron chi connectivity index (χ4n) is 0.394. The lowest BCUT2D eigenvalue weighted by atomic mass is 10.1. The van der Waals surface area contributed by atoms with Gasteiger partial charge in [-0.1, -0.05) is 0 Å². The highest BCUT2D eigenvalue weighted by Crippen LogP contribution is 1.97. The molecule has 0 unspecified atom stereocenters. The molecule has 10 heavy (non-hydrogen) atoms. The first kappa shape index (κ1) is 10.2. The average molecular weight is 166 g/mol. The second kappa shape index (κ2) is 4.94. The molecule has 1 N–H and O–H groups in total. The van der Waals surface area contributed by atoms with E-state index in [0.29, 0.717) is 12.5 Å². The maximum atomic E-state index is 5.44. The predicted molar refractivity (Wildman–Crippen MR) is 44.2 cm³/mol. The van der Waals surface area contributed by atoms with Crippen LogP contribution in [0.25, 0.3) is 0 Å². The van der Waals surface area contributed by atoms with Crippen molar-refractivity contribution in [3.63, 3.8) is 0 Å². The van der Waals surface area contributed by atoms with E-state index in [1.807, 2.05) is 20.8 Å². The van der Waals surface area contributed by atoms with Gasteiger partial charge in [-0.25, -0.2) is 0 Å². The Morgan fingerprint density at radius 2 is 2.00 bits per heavy atom. The summed E-state index contributed by atoms with van der Waals surface area (Å²) in [5.74, 6) is 0.659. The van der Waals surface area contributed by atoms with Crippen molar-refractivity contribution in [1.29, 1.82) is 0 Å². The van der Waals surface area contributed by atoms with E-state index in [-0.39, 0.29) is 5.54 Å². The van der Waals surface area contributed by atoms with Gasteiger partial charge >= 0.3 is 0 Å². The summed E-state index contributed by atoms with van der Waals surface area (Å²) < 4.78 is 0. The monoisotopic (exact) mass is 165 g/mol. The molecule has 3 heteroatoms. The van der Waals surface area contributed by atoms with Crippen LogP contribution in [-0.2, 0) is 4.84 Å². The molecule has 62 valence electrons. The van der Waals surface area contributed by atoms with E-state index in [4.69, 9.17) is 16.4 Å². The van der Waals surface area contributed by atoms with Crippen molar-refractivity contribution >= 4 is 11.6 Å². The van der Waals surface area contributed by atoms with Gasteiger partial charge in [0.05, 0.1) is 6.61 Å². The van der Waals surface area contributed by atoms with Gasteiger partial charge in [0.25, 0.3) is 0 Å². The van der Waals surface area contributed by atoms with E-state index >= 15 is 0 Å². The van der Waals surface area contributed by atoms with Crippen molar-refractivity contribution in [1.82, 2.24) is 5.48 Å². The highest BCUT2D eigenvalue weighted by Gasteiger charge is 2.07. The summed E-state index contributed by atoms with van der Waals surface area (Å²) in [5, 5.41) is 0. The largest absolute Gasteiger partial charge is 0.301 e. The van der Waals surface area contributed by atoms with Crippen LogP contribution >= 0.6 is 11.6 Å². The normalized spacial score (nSPS) is 12.0. The molecule has 0 rings (SSSR count). The van der Waals surface area contributed by atoms with E-state index < -0.39 is 0 Å². The van der Waals surface area contributed by atoms with Gasteiger partial charge in [-0.3, -0.25) is 0 Å². The summed E-state index contributed by atoms with van der Waals surface area (Å²) in [5.41, 5.74) is 2.93. The van der Waals surface area contributed by atoms with E-state index in [1.54, 1.807) is 0 Å². The quantitative estimate of drug-likeness (QED) is 0.391. The number of hydrogen-bond acceptors (Lipinski definition) is 2. The molecule has 0 fully saturated rings. The number of alkyl halides is 1. The van der Waals surface area contributed by atoms with Gasteiger partial charge in [-0.05, 0) is 27.2 Å². The van der Waals surface area contributed by atoms with Gasteiger partial charge in [0.1, 0.15) is 0 Å². The number of halogens is 1. The molecule has 0 amide bonds. The highest BCUT2D eigenvalue weighted by atomic mass is 35.5. The molecule has 0 aliphatic rings. The van der Waals surface area contributed by atoms with Crippen LogP contribution in [0.2, 0.25) is 0 Å². The van der Waals surface area contributed by atoms with Crippen LogP contribution < -0.4 is 5.48 Å². The standard InChI is InChI=1S/C7H16ClNO/c1-7(2,3)9-10-6-4-5-8/h9H,4-6H2,1-3H3. The highest BCUT2D eigenvalue weighted by molar-refractivity contribution is 6.17. The topological polar surface area (TPSA) is 21.3 Å². The van der Waals surface area contributed by atoms with Crippen LogP contribution in [0, 0.1) is 0 Å². The Kier molecular flexibility index (Phi) is 5.04. The molecule has 0 saturated carbocycles. The fourth-order valence-corrected chi connectivity index (χ4v) is 0.503. The summed E-state index contributed by atoms with van der Waals surface area (Å²) in [4.78, 5) is 5.10. The number of rotatable bonds is 4. The maximum Gasteiger partial charge on any atom is 0.0693 e. The smallest absolute Gasteiger partial charge is 0.0693 e. The zero-order chi connectivity index (χ0) is 8.04. The van der Waals surface area contributed by atoms with Crippen molar-refractivity contribution in [2.45, 2.75) is 32.7 Å². The van der Waals surface area contributed by atoms with Gasteiger partial charge in [0.15, 0.2) is 0 Å². The molecule has 2 nitrogen and oxygen atoms in total. The van der Waals surface area contributed by atoms with Crippen LogP contribution in [0.5, 0.6) is 0 Å². The minimum atomic E-state index is 0.0340. The van der Waals surface area contributed by atoms with Gasteiger partial charge in [-0.2, -0.15) is 5.48 Å². The summed E-state index contributed by atoms with van der Waals surface area (Å²) >= 11 is 5.44. The van der Waals surface area contributed by atoms with Crippen molar-refractivity contribution in [2.75, 3.05) is 12.5 Å². The summed E-state index contributed by atoms with van der Waals surface area (Å²) in [7, 11) is 0. The molecule has 0 aromatic rings. The average Bonchev–Trinajstić information content (AvgIpc) is 1.78. The Bertz CT molecular complexity index is 80.2. The van der Waals surface area contributed by atoms with E-state index in [0.717, 1.165) is 6.42 Å². The fraction of sp³-hybridized carbons (Fsp3) is 1.00.